The molecule has 106 valence electrons. The predicted octanol–water partition coefficient (Wildman–Crippen LogP) is 6.08. The minimum Gasteiger partial charge on any atom is -0.0587 e. The largest absolute Gasteiger partial charge is 0.0587 e. The maximum Gasteiger partial charge on any atom is -0.0129 e. The van der Waals surface area contributed by atoms with Crippen molar-refractivity contribution >= 4 is 0 Å². The Hall–Kier alpha value is -1.56. The Morgan fingerprint density at radius 1 is 0.800 bits per heavy atom. The summed E-state index contributed by atoms with van der Waals surface area (Å²) in [4.78, 5) is 0. The van der Waals surface area contributed by atoms with Gasteiger partial charge < -0.3 is 0 Å². The van der Waals surface area contributed by atoms with Gasteiger partial charge in [-0.25, -0.2) is 0 Å². The van der Waals surface area contributed by atoms with Crippen LogP contribution in [0.25, 0.3) is 11.1 Å². The van der Waals surface area contributed by atoms with Gasteiger partial charge in [0.05, 0.1) is 0 Å². The highest BCUT2D eigenvalue weighted by Gasteiger charge is 2.20. The smallest absolute Gasteiger partial charge is 0.0129 e. The summed E-state index contributed by atoms with van der Waals surface area (Å²) in [6.07, 6.45) is 0. The van der Waals surface area contributed by atoms with Crippen LogP contribution >= 0.6 is 0 Å². The standard InChI is InChI=1S/C20H26/c1-14(2)18-12-11-17(13-19(18)20(4,5)6)16-9-7-15(3)8-10-16/h7-14H,1-6H3. The Morgan fingerprint density at radius 2 is 1.35 bits per heavy atom. The van der Waals surface area contributed by atoms with E-state index in [1.54, 1.807) is 0 Å². The molecule has 0 aliphatic carbocycles. The molecule has 0 heteroatoms. The van der Waals surface area contributed by atoms with E-state index in [1.807, 2.05) is 0 Å². The molecule has 0 bridgehead atoms. The zero-order chi connectivity index (χ0) is 14.9. The van der Waals surface area contributed by atoms with Crippen LogP contribution in [0, 0.1) is 6.92 Å². The molecule has 0 fully saturated rings. The van der Waals surface area contributed by atoms with E-state index in [0.717, 1.165) is 0 Å². The fourth-order valence-corrected chi connectivity index (χ4v) is 2.63. The van der Waals surface area contributed by atoms with Crippen LogP contribution in [0.5, 0.6) is 0 Å². The van der Waals surface area contributed by atoms with Crippen molar-refractivity contribution in [3.63, 3.8) is 0 Å². The Labute approximate surface area is 123 Å². The molecule has 0 radical (unpaired) electrons. The molecular weight excluding hydrogens is 240 g/mol. The molecule has 20 heavy (non-hydrogen) atoms. The maximum absolute atomic E-state index is 2.38. The quantitative estimate of drug-likeness (QED) is 0.617. The van der Waals surface area contributed by atoms with Gasteiger partial charge in [-0.15, -0.1) is 0 Å². The SMILES string of the molecule is Cc1ccc(-c2ccc(C(C)C)c(C(C)(C)C)c2)cc1. The molecule has 0 aliphatic heterocycles. The van der Waals surface area contributed by atoms with E-state index < -0.39 is 0 Å². The molecule has 0 amide bonds. The molecule has 2 aromatic carbocycles. The first kappa shape index (κ1) is 14.8. The summed E-state index contributed by atoms with van der Waals surface area (Å²) in [5, 5.41) is 0. The first-order valence-corrected chi connectivity index (χ1v) is 7.50. The second-order valence-corrected chi connectivity index (χ2v) is 7.07. The van der Waals surface area contributed by atoms with Crippen molar-refractivity contribution in [3.05, 3.63) is 59.2 Å². The van der Waals surface area contributed by atoms with Crippen LogP contribution in [-0.2, 0) is 5.41 Å². The lowest BCUT2D eigenvalue weighted by Gasteiger charge is -2.26. The van der Waals surface area contributed by atoms with Crippen molar-refractivity contribution in [3.8, 4) is 11.1 Å². The van der Waals surface area contributed by atoms with Crippen molar-refractivity contribution in [2.24, 2.45) is 0 Å². The molecule has 0 aliphatic rings. The lowest BCUT2D eigenvalue weighted by molar-refractivity contribution is 0.577. The van der Waals surface area contributed by atoms with Crippen LogP contribution < -0.4 is 0 Å². The fourth-order valence-electron chi connectivity index (χ4n) is 2.63. The molecule has 0 heterocycles. The van der Waals surface area contributed by atoms with E-state index in [4.69, 9.17) is 0 Å². The third-order valence-corrected chi connectivity index (χ3v) is 3.87. The summed E-state index contributed by atoms with van der Waals surface area (Å²) in [7, 11) is 0. The van der Waals surface area contributed by atoms with E-state index in [0.29, 0.717) is 5.92 Å². The van der Waals surface area contributed by atoms with Gasteiger partial charge >= 0.3 is 0 Å². The molecule has 0 N–H and O–H groups in total. The van der Waals surface area contributed by atoms with Crippen LogP contribution in [-0.4, -0.2) is 0 Å². The van der Waals surface area contributed by atoms with Crippen molar-refractivity contribution in [2.45, 2.75) is 52.9 Å². The van der Waals surface area contributed by atoms with Gasteiger partial charge in [0.1, 0.15) is 0 Å². The second kappa shape index (κ2) is 5.44. The molecule has 0 atom stereocenters. The molecule has 2 rings (SSSR count). The molecule has 0 saturated carbocycles. The Kier molecular flexibility index (Phi) is 4.04. The van der Waals surface area contributed by atoms with Gasteiger partial charge in [0.15, 0.2) is 0 Å². The van der Waals surface area contributed by atoms with Crippen molar-refractivity contribution in [1.29, 1.82) is 0 Å². The van der Waals surface area contributed by atoms with Crippen LogP contribution in [0.2, 0.25) is 0 Å². The summed E-state index contributed by atoms with van der Waals surface area (Å²) in [5.74, 6) is 0.566. The highest BCUT2D eigenvalue weighted by atomic mass is 14.2. The monoisotopic (exact) mass is 266 g/mol. The van der Waals surface area contributed by atoms with E-state index >= 15 is 0 Å². The van der Waals surface area contributed by atoms with Gasteiger partial charge in [-0.1, -0.05) is 82.6 Å². The third-order valence-electron chi connectivity index (χ3n) is 3.87. The highest BCUT2D eigenvalue weighted by Crippen LogP contribution is 2.34. The van der Waals surface area contributed by atoms with Crippen LogP contribution in [0.4, 0.5) is 0 Å². The Morgan fingerprint density at radius 3 is 1.85 bits per heavy atom. The first-order valence-electron chi connectivity index (χ1n) is 7.50. The molecular formula is C20H26. The highest BCUT2D eigenvalue weighted by molar-refractivity contribution is 5.66. The second-order valence-electron chi connectivity index (χ2n) is 7.07. The van der Waals surface area contributed by atoms with Gasteiger partial charge in [-0.3, -0.25) is 0 Å². The normalized spacial score (nSPS) is 11.9. The summed E-state index contributed by atoms with van der Waals surface area (Å²) < 4.78 is 0. The predicted molar refractivity (Wildman–Crippen MR) is 89.4 cm³/mol. The lowest BCUT2D eigenvalue weighted by Crippen LogP contribution is -2.15. The Balaban J connectivity index is 2.55. The number of aryl methyl sites for hydroxylation is 1. The van der Waals surface area contributed by atoms with E-state index in [2.05, 4.69) is 84.0 Å². The summed E-state index contributed by atoms with van der Waals surface area (Å²) in [5.41, 5.74) is 7.04. The summed E-state index contributed by atoms with van der Waals surface area (Å²) >= 11 is 0. The van der Waals surface area contributed by atoms with Crippen LogP contribution in [0.15, 0.2) is 42.5 Å². The van der Waals surface area contributed by atoms with Gasteiger partial charge in [0.25, 0.3) is 0 Å². The molecule has 0 saturated heterocycles. The van der Waals surface area contributed by atoms with E-state index in [-0.39, 0.29) is 5.41 Å². The van der Waals surface area contributed by atoms with Gasteiger partial charge in [-0.2, -0.15) is 0 Å². The zero-order valence-electron chi connectivity index (χ0n) is 13.6. The van der Waals surface area contributed by atoms with Crippen molar-refractivity contribution in [2.75, 3.05) is 0 Å². The fraction of sp³-hybridized carbons (Fsp3) is 0.400. The number of benzene rings is 2. The molecule has 2 aromatic rings. The van der Waals surface area contributed by atoms with Crippen LogP contribution in [0.1, 0.15) is 57.2 Å². The van der Waals surface area contributed by atoms with Crippen molar-refractivity contribution in [1.82, 2.24) is 0 Å². The topological polar surface area (TPSA) is 0 Å². The summed E-state index contributed by atoms with van der Waals surface area (Å²) in [6.45, 7) is 13.6. The average Bonchev–Trinajstić information content (AvgIpc) is 2.38. The molecule has 0 unspecified atom stereocenters. The summed E-state index contributed by atoms with van der Waals surface area (Å²) in [6, 6.07) is 15.7. The lowest BCUT2D eigenvalue weighted by atomic mass is 9.79. The van der Waals surface area contributed by atoms with Crippen LogP contribution in [0.3, 0.4) is 0 Å². The number of hydrogen-bond acceptors (Lipinski definition) is 0. The molecule has 0 aromatic heterocycles. The number of rotatable bonds is 2. The van der Waals surface area contributed by atoms with Gasteiger partial charge in [0, 0.05) is 0 Å². The zero-order valence-corrected chi connectivity index (χ0v) is 13.6. The van der Waals surface area contributed by atoms with Gasteiger partial charge in [0.2, 0.25) is 0 Å². The Bertz CT molecular complexity index is 580. The molecule has 0 nitrogen and oxygen atoms in total. The minimum absolute atomic E-state index is 0.181. The van der Waals surface area contributed by atoms with E-state index in [9.17, 15) is 0 Å². The first-order chi connectivity index (χ1) is 9.29. The molecule has 0 spiro atoms. The average molecular weight is 266 g/mol. The minimum atomic E-state index is 0.181. The van der Waals surface area contributed by atoms with E-state index in [1.165, 1.54) is 27.8 Å². The third kappa shape index (κ3) is 3.12. The number of hydrogen-bond donors (Lipinski definition) is 0. The maximum atomic E-state index is 2.38. The van der Waals surface area contributed by atoms with Gasteiger partial charge in [-0.05, 0) is 40.5 Å². The van der Waals surface area contributed by atoms with Crippen molar-refractivity contribution < 1.29 is 0 Å².